The largest absolute Gasteiger partial charge is 0.496 e. The predicted octanol–water partition coefficient (Wildman–Crippen LogP) is 1.54. The average molecular weight is 288 g/mol. The van der Waals surface area contributed by atoms with E-state index in [9.17, 15) is 14.7 Å². The fraction of sp³-hybridized carbons (Fsp3) is 0.375. The van der Waals surface area contributed by atoms with Crippen LogP contribution in [0.3, 0.4) is 0 Å². The molecule has 1 heterocycles. The zero-order valence-electron chi connectivity index (χ0n) is 12.0. The minimum Gasteiger partial charge on any atom is -0.496 e. The van der Waals surface area contributed by atoms with E-state index in [1.807, 2.05) is 0 Å². The Kier molecular flexibility index (Phi) is 3.19. The first-order valence-corrected chi connectivity index (χ1v) is 6.81. The Hall–Kier alpha value is -1.98. The van der Waals surface area contributed by atoms with E-state index in [1.165, 1.54) is 7.11 Å². The number of rotatable bonds is 1. The summed E-state index contributed by atoms with van der Waals surface area (Å²) in [5.41, 5.74) is 0.925. The van der Waals surface area contributed by atoms with Crippen molar-refractivity contribution in [2.45, 2.75) is 32.2 Å². The van der Waals surface area contributed by atoms with Gasteiger partial charge in [0, 0.05) is 16.7 Å². The second kappa shape index (κ2) is 4.79. The highest BCUT2D eigenvalue weighted by Crippen LogP contribution is 2.38. The molecular weight excluding hydrogens is 272 g/mol. The Balaban J connectivity index is 2.26. The smallest absolute Gasteiger partial charge is 0.196 e. The van der Waals surface area contributed by atoms with Crippen molar-refractivity contribution in [2.75, 3.05) is 7.11 Å². The van der Waals surface area contributed by atoms with Crippen LogP contribution in [0.1, 0.15) is 34.6 Å². The fourth-order valence-electron chi connectivity index (χ4n) is 3.05. The molecule has 2 aliphatic rings. The number of methoxy groups -OCH3 is 1. The van der Waals surface area contributed by atoms with Crippen LogP contribution in [0.15, 0.2) is 29.3 Å². The van der Waals surface area contributed by atoms with Gasteiger partial charge in [0.05, 0.1) is 24.9 Å². The molecular formula is C16H16O5. The van der Waals surface area contributed by atoms with Crippen molar-refractivity contribution in [1.82, 2.24) is 0 Å². The number of benzene rings is 1. The molecule has 0 unspecified atom stereocenters. The van der Waals surface area contributed by atoms with E-state index in [1.54, 1.807) is 32.0 Å². The van der Waals surface area contributed by atoms with Crippen LogP contribution in [0.25, 0.3) is 0 Å². The molecule has 1 aromatic rings. The van der Waals surface area contributed by atoms with Crippen LogP contribution in [0, 0.1) is 0 Å². The maximum atomic E-state index is 12.8. The summed E-state index contributed by atoms with van der Waals surface area (Å²) in [4.78, 5) is 25.4. The molecule has 5 nitrogen and oxygen atoms in total. The molecule has 21 heavy (non-hydrogen) atoms. The normalized spacial score (nSPS) is 28.3. The lowest BCUT2D eigenvalue weighted by atomic mass is 9.77. The highest BCUT2D eigenvalue weighted by molar-refractivity contribution is 6.28. The maximum Gasteiger partial charge on any atom is 0.196 e. The van der Waals surface area contributed by atoms with Gasteiger partial charge >= 0.3 is 0 Å². The van der Waals surface area contributed by atoms with E-state index >= 15 is 0 Å². The number of hydrogen-bond acceptors (Lipinski definition) is 5. The summed E-state index contributed by atoms with van der Waals surface area (Å²) < 4.78 is 10.7. The van der Waals surface area contributed by atoms with Crippen molar-refractivity contribution < 1.29 is 24.2 Å². The van der Waals surface area contributed by atoms with Crippen molar-refractivity contribution in [2.24, 2.45) is 0 Å². The molecule has 3 atom stereocenters. The minimum absolute atomic E-state index is 0.159. The van der Waals surface area contributed by atoms with Crippen molar-refractivity contribution >= 4 is 11.6 Å². The molecule has 0 bridgehead atoms. The molecule has 5 heteroatoms. The lowest BCUT2D eigenvalue weighted by Gasteiger charge is -2.36. The van der Waals surface area contributed by atoms with Gasteiger partial charge in [-0.15, -0.1) is 0 Å². The molecule has 110 valence electrons. The molecule has 0 spiro atoms. The summed E-state index contributed by atoms with van der Waals surface area (Å²) in [6.07, 6.45) is -2.15. The molecule has 0 amide bonds. The van der Waals surface area contributed by atoms with Gasteiger partial charge in [-0.2, -0.15) is 0 Å². The number of ether oxygens (including phenoxy) is 2. The van der Waals surface area contributed by atoms with Gasteiger partial charge < -0.3 is 14.6 Å². The summed E-state index contributed by atoms with van der Waals surface area (Å²) in [5, 5.41) is 10.2. The molecule has 0 fully saturated rings. The van der Waals surface area contributed by atoms with E-state index < -0.39 is 18.3 Å². The third-order valence-corrected chi connectivity index (χ3v) is 4.06. The maximum absolute atomic E-state index is 12.8. The van der Waals surface area contributed by atoms with Crippen LogP contribution in [0.2, 0.25) is 0 Å². The Labute approximate surface area is 122 Å². The lowest BCUT2D eigenvalue weighted by Crippen LogP contribution is -2.45. The molecule has 1 aliphatic carbocycles. The third-order valence-electron chi connectivity index (χ3n) is 4.06. The first kappa shape index (κ1) is 14.0. The van der Waals surface area contributed by atoms with Crippen molar-refractivity contribution in [3.63, 3.8) is 0 Å². The first-order chi connectivity index (χ1) is 9.97. The highest BCUT2D eigenvalue weighted by atomic mass is 16.5. The van der Waals surface area contributed by atoms with Crippen LogP contribution < -0.4 is 4.74 Å². The molecule has 3 rings (SSSR count). The van der Waals surface area contributed by atoms with Crippen molar-refractivity contribution in [3.05, 3.63) is 40.5 Å². The molecule has 0 saturated carbocycles. The Morgan fingerprint density at radius 1 is 1.14 bits per heavy atom. The van der Waals surface area contributed by atoms with Crippen LogP contribution in [-0.2, 0) is 4.74 Å². The van der Waals surface area contributed by atoms with Gasteiger partial charge in [-0.25, -0.2) is 0 Å². The zero-order valence-corrected chi connectivity index (χ0v) is 12.0. The number of carbonyl (C=O) groups excluding carboxylic acids is 2. The van der Waals surface area contributed by atoms with E-state index in [0.717, 1.165) is 0 Å². The summed E-state index contributed by atoms with van der Waals surface area (Å²) in [5.74, 6) is -0.277. The zero-order chi connectivity index (χ0) is 15.3. The van der Waals surface area contributed by atoms with E-state index in [4.69, 9.17) is 9.47 Å². The molecule has 0 radical (unpaired) electrons. The minimum atomic E-state index is -1.09. The number of aliphatic hydroxyl groups excluding tert-OH is 1. The average Bonchev–Trinajstić information content (AvgIpc) is 2.47. The van der Waals surface area contributed by atoms with E-state index in [0.29, 0.717) is 5.75 Å². The lowest BCUT2D eigenvalue weighted by molar-refractivity contribution is -0.0492. The second-order valence-electron chi connectivity index (χ2n) is 5.30. The van der Waals surface area contributed by atoms with Crippen molar-refractivity contribution in [3.8, 4) is 5.75 Å². The molecule has 0 saturated heterocycles. The Morgan fingerprint density at radius 2 is 1.86 bits per heavy atom. The van der Waals surface area contributed by atoms with E-state index in [-0.39, 0.29) is 33.8 Å². The number of hydrogen-bond donors (Lipinski definition) is 1. The first-order valence-electron chi connectivity index (χ1n) is 6.81. The molecule has 1 aromatic carbocycles. The van der Waals surface area contributed by atoms with Gasteiger partial charge in [0.2, 0.25) is 0 Å². The number of carbonyl (C=O) groups is 2. The summed E-state index contributed by atoms with van der Waals surface area (Å²) in [6, 6.07) is 4.88. The van der Waals surface area contributed by atoms with Crippen LogP contribution in [-0.4, -0.2) is 42.1 Å². The Bertz CT molecular complexity index is 673. The standard InChI is InChI=1S/C16H16O5/c1-7-11-13(14(17)8(2)21-7)15(18)9-5-4-6-10(20-3)12(9)16(11)19/h4-8,14,17H,1-3H3/t7-,8+,14+/m1/s1. The summed E-state index contributed by atoms with van der Waals surface area (Å²) in [6.45, 7) is 3.40. The molecule has 1 aliphatic heterocycles. The molecule has 1 N–H and O–H groups in total. The number of Topliss-reactive ketones (excluding diaryl/α,β-unsaturated/α-hetero) is 2. The fourth-order valence-corrected chi connectivity index (χ4v) is 3.05. The van der Waals surface area contributed by atoms with Gasteiger partial charge in [0.15, 0.2) is 11.6 Å². The van der Waals surface area contributed by atoms with Gasteiger partial charge in [0.25, 0.3) is 0 Å². The third kappa shape index (κ3) is 1.85. The predicted molar refractivity (Wildman–Crippen MR) is 74.7 cm³/mol. The van der Waals surface area contributed by atoms with Gasteiger partial charge in [0.1, 0.15) is 11.9 Å². The summed E-state index contributed by atoms with van der Waals surface area (Å²) in [7, 11) is 1.45. The van der Waals surface area contributed by atoms with Crippen LogP contribution in [0.4, 0.5) is 0 Å². The number of fused-ring (bicyclic) bond motifs is 1. The van der Waals surface area contributed by atoms with E-state index in [2.05, 4.69) is 0 Å². The quantitative estimate of drug-likeness (QED) is 0.848. The highest BCUT2D eigenvalue weighted by Gasteiger charge is 2.44. The topological polar surface area (TPSA) is 72.8 Å². The molecule has 0 aromatic heterocycles. The second-order valence-corrected chi connectivity index (χ2v) is 5.30. The summed E-state index contributed by atoms with van der Waals surface area (Å²) >= 11 is 0. The monoisotopic (exact) mass is 288 g/mol. The van der Waals surface area contributed by atoms with Gasteiger partial charge in [-0.3, -0.25) is 9.59 Å². The Morgan fingerprint density at radius 3 is 2.52 bits per heavy atom. The number of ketones is 2. The SMILES string of the molecule is COc1cccc2c1C(=O)C1=C(C2=O)[C@@H](O)[C@H](C)O[C@@H]1C. The van der Waals surface area contributed by atoms with Crippen LogP contribution in [0.5, 0.6) is 5.75 Å². The van der Waals surface area contributed by atoms with Crippen LogP contribution >= 0.6 is 0 Å². The van der Waals surface area contributed by atoms with Gasteiger partial charge in [-0.1, -0.05) is 12.1 Å². The van der Waals surface area contributed by atoms with Gasteiger partial charge in [-0.05, 0) is 19.9 Å². The number of aliphatic hydroxyl groups is 1. The van der Waals surface area contributed by atoms with Crippen molar-refractivity contribution in [1.29, 1.82) is 0 Å².